The van der Waals surface area contributed by atoms with Crippen molar-refractivity contribution in [2.75, 3.05) is 18.6 Å². The third kappa shape index (κ3) is 6.77. The molecule has 0 heterocycles. The van der Waals surface area contributed by atoms with Crippen LogP contribution in [-0.4, -0.2) is 53.3 Å². The van der Waals surface area contributed by atoms with Gasteiger partial charge in [-0.3, -0.25) is 14.4 Å². The minimum atomic E-state index is -0.953. The van der Waals surface area contributed by atoms with E-state index in [4.69, 9.17) is 4.74 Å². The number of nitrogens with zero attached hydrogens (tertiary/aromatic N) is 1. The molecule has 3 rings (SSSR count). The van der Waals surface area contributed by atoms with Gasteiger partial charge in [-0.25, -0.2) is 0 Å². The summed E-state index contributed by atoms with van der Waals surface area (Å²) in [5.74, 6) is -0.440. The van der Waals surface area contributed by atoms with Crippen LogP contribution in [0.3, 0.4) is 0 Å². The highest BCUT2D eigenvalue weighted by Crippen LogP contribution is 2.24. The quantitative estimate of drug-likeness (QED) is 0.624. The van der Waals surface area contributed by atoms with Gasteiger partial charge in [0.2, 0.25) is 12.0 Å². The second kappa shape index (κ2) is 10.7. The Morgan fingerprint density at radius 2 is 1.76 bits per heavy atom. The van der Waals surface area contributed by atoms with Gasteiger partial charge in [0, 0.05) is 24.7 Å². The van der Waals surface area contributed by atoms with Crippen molar-refractivity contribution in [2.45, 2.75) is 63.1 Å². The Balaban J connectivity index is 1.46. The van der Waals surface area contributed by atoms with Gasteiger partial charge in [0.25, 0.3) is 5.91 Å². The first-order chi connectivity index (χ1) is 14.0. The molecule has 1 atom stereocenters. The largest absolute Gasteiger partial charge is 0.447 e. The third-order valence-electron chi connectivity index (χ3n) is 5.47. The lowest BCUT2D eigenvalue weighted by atomic mass is 9.94. The Hall–Kier alpha value is -2.02. The summed E-state index contributed by atoms with van der Waals surface area (Å²) in [4.78, 5) is 39.1. The molecular formula is C22H30N2O4S. The van der Waals surface area contributed by atoms with Gasteiger partial charge >= 0.3 is 5.97 Å². The molecule has 0 unspecified atom stereocenters. The molecule has 2 fully saturated rings. The highest BCUT2D eigenvalue weighted by atomic mass is 32.2. The first-order valence-corrected chi connectivity index (χ1v) is 11.6. The molecule has 1 aromatic carbocycles. The third-order valence-corrected chi connectivity index (χ3v) is 6.37. The van der Waals surface area contributed by atoms with E-state index in [2.05, 4.69) is 5.32 Å². The molecule has 0 saturated heterocycles. The van der Waals surface area contributed by atoms with E-state index in [0.29, 0.717) is 11.6 Å². The number of hydrogen-bond donors (Lipinski definition) is 1. The van der Waals surface area contributed by atoms with Crippen LogP contribution in [0.2, 0.25) is 0 Å². The van der Waals surface area contributed by atoms with Gasteiger partial charge in [0.05, 0.1) is 11.5 Å². The van der Waals surface area contributed by atoms with Crippen LogP contribution in [0.15, 0.2) is 30.3 Å². The molecule has 1 aromatic rings. The van der Waals surface area contributed by atoms with E-state index >= 15 is 0 Å². The van der Waals surface area contributed by atoms with Gasteiger partial charge in [-0.1, -0.05) is 49.6 Å². The Bertz CT molecular complexity index is 702. The Kier molecular flexibility index (Phi) is 7.98. The predicted molar refractivity (Wildman–Crippen MR) is 113 cm³/mol. The summed E-state index contributed by atoms with van der Waals surface area (Å²) < 4.78 is 5.49. The fraction of sp³-hybridized carbons (Fsp3) is 0.591. The molecule has 0 aliphatic heterocycles. The molecule has 2 saturated carbocycles. The van der Waals surface area contributed by atoms with E-state index in [1.54, 1.807) is 12.1 Å². The van der Waals surface area contributed by atoms with E-state index in [1.165, 1.54) is 31.0 Å². The van der Waals surface area contributed by atoms with Crippen molar-refractivity contribution < 1.29 is 19.1 Å². The summed E-state index contributed by atoms with van der Waals surface area (Å²) in [6.07, 6.45) is 6.69. The van der Waals surface area contributed by atoms with Crippen LogP contribution in [0.1, 0.15) is 56.6 Å². The van der Waals surface area contributed by atoms with Crippen molar-refractivity contribution in [3.63, 3.8) is 0 Å². The topological polar surface area (TPSA) is 75.7 Å². The smallest absolute Gasteiger partial charge is 0.317 e. The number of carbonyl (C=O) groups excluding carboxylic acids is 3. The van der Waals surface area contributed by atoms with E-state index in [1.807, 2.05) is 30.1 Å². The monoisotopic (exact) mass is 418 g/mol. The maximum Gasteiger partial charge on any atom is 0.317 e. The number of benzene rings is 1. The van der Waals surface area contributed by atoms with Crippen LogP contribution in [-0.2, 0) is 19.1 Å². The Morgan fingerprint density at radius 1 is 1.07 bits per heavy atom. The first-order valence-electron chi connectivity index (χ1n) is 10.4. The molecule has 0 bridgehead atoms. The van der Waals surface area contributed by atoms with Gasteiger partial charge in [-0.15, -0.1) is 11.8 Å². The normalized spacial score (nSPS) is 18.0. The predicted octanol–water partition coefficient (Wildman–Crippen LogP) is 3.07. The zero-order chi connectivity index (χ0) is 20.6. The fourth-order valence-electron chi connectivity index (χ4n) is 3.57. The van der Waals surface area contributed by atoms with Crippen LogP contribution in [0.4, 0.5) is 0 Å². The number of nitrogens with one attached hydrogen (secondary N) is 1. The number of amides is 2. The molecule has 6 nitrogen and oxygen atoms in total. The van der Waals surface area contributed by atoms with E-state index in [9.17, 15) is 14.4 Å². The number of thioether (sulfide) groups is 1. The molecule has 0 radical (unpaired) electrons. The number of ether oxygens (including phenoxy) is 1. The lowest BCUT2D eigenvalue weighted by Crippen LogP contribution is -2.39. The molecule has 0 spiro atoms. The van der Waals surface area contributed by atoms with Gasteiger partial charge in [0.1, 0.15) is 0 Å². The van der Waals surface area contributed by atoms with Crippen molar-refractivity contribution in [3.05, 3.63) is 35.9 Å². The summed E-state index contributed by atoms with van der Waals surface area (Å²) in [5, 5.41) is 2.90. The minimum absolute atomic E-state index is 0.0424. The summed E-state index contributed by atoms with van der Waals surface area (Å²) in [6.45, 7) is 0. The molecule has 29 heavy (non-hydrogen) atoms. The van der Waals surface area contributed by atoms with Crippen molar-refractivity contribution in [2.24, 2.45) is 0 Å². The number of esters is 1. The maximum absolute atomic E-state index is 12.5. The van der Waals surface area contributed by atoms with Crippen LogP contribution < -0.4 is 5.32 Å². The summed E-state index contributed by atoms with van der Waals surface area (Å²) >= 11 is 1.24. The lowest BCUT2D eigenvalue weighted by molar-refractivity contribution is -0.154. The van der Waals surface area contributed by atoms with Gasteiger partial charge in [0.15, 0.2) is 0 Å². The zero-order valence-electron chi connectivity index (χ0n) is 17.0. The molecule has 7 heteroatoms. The van der Waals surface area contributed by atoms with Crippen LogP contribution in [0, 0.1) is 0 Å². The van der Waals surface area contributed by atoms with Crippen molar-refractivity contribution in [3.8, 4) is 0 Å². The van der Waals surface area contributed by atoms with Crippen molar-refractivity contribution in [1.82, 2.24) is 10.2 Å². The van der Waals surface area contributed by atoms with E-state index in [0.717, 1.165) is 25.7 Å². The van der Waals surface area contributed by atoms with Crippen LogP contribution >= 0.6 is 11.8 Å². The van der Waals surface area contributed by atoms with E-state index in [-0.39, 0.29) is 29.4 Å². The zero-order valence-corrected chi connectivity index (χ0v) is 17.8. The molecule has 1 N–H and O–H groups in total. The van der Waals surface area contributed by atoms with Crippen LogP contribution in [0.5, 0.6) is 0 Å². The summed E-state index contributed by atoms with van der Waals surface area (Å²) in [7, 11) is 1.85. The maximum atomic E-state index is 12.5. The minimum Gasteiger partial charge on any atom is -0.447 e. The molecule has 2 amide bonds. The van der Waals surface area contributed by atoms with Gasteiger partial charge in [-0.2, -0.15) is 0 Å². The Morgan fingerprint density at radius 3 is 2.41 bits per heavy atom. The second-order valence-corrected chi connectivity index (χ2v) is 8.84. The van der Waals surface area contributed by atoms with E-state index < -0.39 is 12.1 Å². The lowest BCUT2D eigenvalue weighted by Gasteiger charge is -2.31. The number of hydrogen-bond acceptors (Lipinski definition) is 5. The average molecular weight is 419 g/mol. The second-order valence-electron chi connectivity index (χ2n) is 7.85. The number of rotatable bonds is 9. The number of carbonyl (C=O) groups is 3. The van der Waals surface area contributed by atoms with Crippen molar-refractivity contribution in [1.29, 1.82) is 0 Å². The van der Waals surface area contributed by atoms with Crippen LogP contribution in [0.25, 0.3) is 0 Å². The highest BCUT2D eigenvalue weighted by Gasteiger charge is 2.31. The molecule has 0 aromatic heterocycles. The van der Waals surface area contributed by atoms with Gasteiger partial charge in [-0.05, 0) is 25.7 Å². The van der Waals surface area contributed by atoms with Gasteiger partial charge < -0.3 is 15.0 Å². The average Bonchev–Trinajstić information content (AvgIpc) is 3.56. The summed E-state index contributed by atoms with van der Waals surface area (Å²) in [5.41, 5.74) is 0.650. The molecule has 158 valence electrons. The summed E-state index contributed by atoms with van der Waals surface area (Å²) in [6, 6.07) is 9.54. The molecule has 2 aliphatic rings. The molecular weight excluding hydrogens is 388 g/mol. The first kappa shape index (κ1) is 21.7. The van der Waals surface area contributed by atoms with Crippen molar-refractivity contribution >= 4 is 29.5 Å². The standard InChI is InChI=1S/C22H30N2O4S/c1-24(18-10-6-3-7-11-18)19(25)14-29-15-20(26)28-21(16-8-4-2-5-9-16)22(27)23-17-12-13-17/h2,4-5,8-9,17-18,21H,3,6-7,10-15H2,1H3,(H,23,27)/t21-/m0/s1. The highest BCUT2D eigenvalue weighted by molar-refractivity contribution is 8.00. The fourth-order valence-corrected chi connectivity index (χ4v) is 4.28. The molecule has 2 aliphatic carbocycles. The SMILES string of the molecule is CN(C(=O)CSCC(=O)O[C@H](C(=O)NC1CC1)c1ccccc1)C1CCCCC1. The Labute approximate surface area is 176 Å².